The molecule has 140 valence electrons. The molecule has 3 aliphatic rings. The van der Waals surface area contributed by atoms with Gasteiger partial charge in [-0.05, 0) is 54.7 Å². The number of fused-ring (bicyclic) bond motifs is 4. The molecule has 27 heavy (non-hydrogen) atoms. The third-order valence-corrected chi connectivity index (χ3v) is 6.38. The first-order valence-corrected chi connectivity index (χ1v) is 9.98. The molecular weight excluding hydrogens is 336 g/mol. The van der Waals surface area contributed by atoms with Crippen molar-refractivity contribution in [3.63, 3.8) is 0 Å². The number of para-hydroxylation sites is 1. The van der Waals surface area contributed by atoms with Gasteiger partial charge in [0.25, 0.3) is 0 Å². The van der Waals surface area contributed by atoms with Gasteiger partial charge < -0.3 is 9.47 Å². The fourth-order valence-electron chi connectivity index (χ4n) is 4.73. The second kappa shape index (κ2) is 6.29. The highest BCUT2D eigenvalue weighted by molar-refractivity contribution is 6.02. The Hall–Kier alpha value is -2.49. The zero-order chi connectivity index (χ0) is 18.4. The minimum atomic E-state index is -0.292. The molecule has 0 bridgehead atoms. The Labute approximate surface area is 160 Å². The molecule has 0 aromatic heterocycles. The number of nitrogens with zero attached hydrogens (tertiary/aromatic N) is 2. The maximum Gasteiger partial charge on any atom is 0.198 e. The van der Waals surface area contributed by atoms with E-state index in [0.717, 1.165) is 42.4 Å². The number of benzene rings is 2. The van der Waals surface area contributed by atoms with Crippen LogP contribution < -0.4 is 9.47 Å². The molecule has 1 spiro atoms. The largest absolute Gasteiger partial charge is 0.497 e. The van der Waals surface area contributed by atoms with Gasteiger partial charge in [0.15, 0.2) is 5.72 Å². The Morgan fingerprint density at radius 3 is 2.56 bits per heavy atom. The lowest BCUT2D eigenvalue weighted by Gasteiger charge is -2.50. The molecule has 2 heterocycles. The van der Waals surface area contributed by atoms with Crippen LogP contribution in [0.4, 0.5) is 0 Å². The number of hydrazone groups is 1. The molecule has 1 aliphatic carbocycles. The highest BCUT2D eigenvalue weighted by Crippen LogP contribution is 2.51. The zero-order valence-electron chi connectivity index (χ0n) is 16.0. The van der Waals surface area contributed by atoms with Crippen LogP contribution in [0.1, 0.15) is 56.2 Å². The molecule has 2 aromatic rings. The Morgan fingerprint density at radius 1 is 1.07 bits per heavy atom. The number of hydrogen-bond acceptors (Lipinski definition) is 4. The fourth-order valence-corrected chi connectivity index (χ4v) is 4.73. The summed E-state index contributed by atoms with van der Waals surface area (Å²) >= 11 is 0. The predicted molar refractivity (Wildman–Crippen MR) is 106 cm³/mol. The molecule has 2 aliphatic heterocycles. The van der Waals surface area contributed by atoms with E-state index in [1.807, 2.05) is 12.1 Å². The molecule has 0 unspecified atom stereocenters. The van der Waals surface area contributed by atoms with Crippen LogP contribution in [0.5, 0.6) is 11.5 Å². The summed E-state index contributed by atoms with van der Waals surface area (Å²) < 4.78 is 11.9. The summed E-state index contributed by atoms with van der Waals surface area (Å²) in [6.45, 7) is 2.34. The zero-order valence-corrected chi connectivity index (χ0v) is 16.0. The molecule has 1 atom stereocenters. The lowest BCUT2D eigenvalue weighted by atomic mass is 9.82. The average Bonchev–Trinajstić information content (AvgIpc) is 3.17. The summed E-state index contributed by atoms with van der Waals surface area (Å²) in [7, 11) is 1.70. The SMILES string of the molecule is COc1ccc(C2=NN3[C@H](C2)c2ccccc2OC32CCC(C)CC2)cc1. The molecular formula is C23H26N2O2. The summed E-state index contributed by atoms with van der Waals surface area (Å²) in [5.74, 6) is 2.68. The molecule has 5 rings (SSSR count). The van der Waals surface area contributed by atoms with Gasteiger partial charge in [-0.2, -0.15) is 5.10 Å². The second-order valence-corrected chi connectivity index (χ2v) is 8.11. The van der Waals surface area contributed by atoms with Crippen molar-refractivity contribution in [1.82, 2.24) is 5.01 Å². The van der Waals surface area contributed by atoms with Crippen molar-refractivity contribution in [2.24, 2.45) is 11.0 Å². The standard InChI is InChI=1S/C23H26N2O2/c1-16-11-13-23(14-12-16)25-21(19-5-3-4-6-22(19)27-23)15-20(24-25)17-7-9-18(26-2)10-8-17/h3-10,16,21H,11-15H2,1-2H3/t16?,21-,23?/m1/s1. The van der Waals surface area contributed by atoms with E-state index in [9.17, 15) is 0 Å². The molecule has 0 saturated heterocycles. The van der Waals surface area contributed by atoms with Gasteiger partial charge >= 0.3 is 0 Å². The van der Waals surface area contributed by atoms with Crippen molar-refractivity contribution in [2.75, 3.05) is 7.11 Å². The predicted octanol–water partition coefficient (Wildman–Crippen LogP) is 5.15. The fraction of sp³-hybridized carbons (Fsp3) is 0.435. The summed E-state index contributed by atoms with van der Waals surface area (Å²) in [6, 6.07) is 17.0. The average molecular weight is 362 g/mol. The Balaban J connectivity index is 1.54. The number of ether oxygens (including phenoxy) is 2. The molecule has 0 amide bonds. The summed E-state index contributed by atoms with van der Waals surface area (Å²) in [4.78, 5) is 0. The van der Waals surface area contributed by atoms with Crippen molar-refractivity contribution < 1.29 is 9.47 Å². The monoisotopic (exact) mass is 362 g/mol. The number of hydrogen-bond donors (Lipinski definition) is 0. The van der Waals surface area contributed by atoms with Gasteiger partial charge in [0.2, 0.25) is 0 Å². The maximum absolute atomic E-state index is 6.64. The molecule has 0 N–H and O–H groups in total. The second-order valence-electron chi connectivity index (χ2n) is 8.11. The molecule has 1 saturated carbocycles. The lowest BCUT2D eigenvalue weighted by molar-refractivity contribution is -0.145. The van der Waals surface area contributed by atoms with Crippen LogP contribution in [0, 0.1) is 5.92 Å². The van der Waals surface area contributed by atoms with Crippen molar-refractivity contribution >= 4 is 5.71 Å². The van der Waals surface area contributed by atoms with Gasteiger partial charge in [-0.3, -0.25) is 0 Å². The van der Waals surface area contributed by atoms with Gasteiger partial charge in [-0.15, -0.1) is 0 Å². The van der Waals surface area contributed by atoms with Gasteiger partial charge in [-0.25, -0.2) is 5.01 Å². The summed E-state index contributed by atoms with van der Waals surface area (Å²) in [5.41, 5.74) is 3.27. The number of rotatable bonds is 2. The van der Waals surface area contributed by atoms with E-state index < -0.39 is 0 Å². The smallest absolute Gasteiger partial charge is 0.198 e. The van der Waals surface area contributed by atoms with Crippen LogP contribution in [0.2, 0.25) is 0 Å². The quantitative estimate of drug-likeness (QED) is 0.741. The van der Waals surface area contributed by atoms with E-state index in [-0.39, 0.29) is 11.8 Å². The molecule has 2 aromatic carbocycles. The first-order valence-electron chi connectivity index (χ1n) is 9.98. The third kappa shape index (κ3) is 2.70. The van der Waals surface area contributed by atoms with Crippen molar-refractivity contribution in [1.29, 1.82) is 0 Å². The van der Waals surface area contributed by atoms with E-state index in [2.05, 4.69) is 48.3 Å². The van der Waals surface area contributed by atoms with Crippen LogP contribution in [-0.4, -0.2) is 23.6 Å². The van der Waals surface area contributed by atoms with Crippen LogP contribution in [0.3, 0.4) is 0 Å². The van der Waals surface area contributed by atoms with E-state index in [1.54, 1.807) is 7.11 Å². The summed E-state index contributed by atoms with van der Waals surface area (Å²) in [5, 5.41) is 7.41. The van der Waals surface area contributed by atoms with Gasteiger partial charge in [0.1, 0.15) is 11.5 Å². The molecule has 1 fully saturated rings. The molecule has 4 heteroatoms. The Kier molecular flexibility index (Phi) is 3.88. The van der Waals surface area contributed by atoms with Crippen LogP contribution in [0.25, 0.3) is 0 Å². The van der Waals surface area contributed by atoms with Gasteiger partial charge in [-0.1, -0.05) is 25.1 Å². The minimum absolute atomic E-state index is 0.264. The Bertz CT molecular complexity index is 866. The highest BCUT2D eigenvalue weighted by atomic mass is 16.5. The van der Waals surface area contributed by atoms with E-state index in [0.29, 0.717) is 0 Å². The lowest BCUT2D eigenvalue weighted by Crippen LogP contribution is -2.55. The van der Waals surface area contributed by atoms with Crippen molar-refractivity contribution in [3.05, 3.63) is 59.7 Å². The van der Waals surface area contributed by atoms with Crippen LogP contribution >= 0.6 is 0 Å². The number of methoxy groups -OCH3 is 1. The molecule has 0 radical (unpaired) electrons. The minimum Gasteiger partial charge on any atom is -0.497 e. The first kappa shape index (κ1) is 16.7. The summed E-state index contributed by atoms with van der Waals surface area (Å²) in [6.07, 6.45) is 5.39. The van der Waals surface area contributed by atoms with Gasteiger partial charge in [0, 0.05) is 24.8 Å². The third-order valence-electron chi connectivity index (χ3n) is 6.38. The van der Waals surface area contributed by atoms with Crippen LogP contribution in [0.15, 0.2) is 53.6 Å². The maximum atomic E-state index is 6.64. The van der Waals surface area contributed by atoms with Crippen molar-refractivity contribution in [2.45, 2.75) is 50.8 Å². The van der Waals surface area contributed by atoms with E-state index in [1.165, 1.54) is 24.0 Å². The van der Waals surface area contributed by atoms with Crippen LogP contribution in [-0.2, 0) is 0 Å². The highest BCUT2D eigenvalue weighted by Gasteiger charge is 2.51. The molecule has 4 nitrogen and oxygen atoms in total. The van der Waals surface area contributed by atoms with E-state index in [4.69, 9.17) is 14.6 Å². The van der Waals surface area contributed by atoms with Gasteiger partial charge in [0.05, 0.1) is 18.9 Å². The normalized spacial score (nSPS) is 29.0. The topological polar surface area (TPSA) is 34.1 Å². The first-order chi connectivity index (χ1) is 13.2. The van der Waals surface area contributed by atoms with Crippen molar-refractivity contribution in [3.8, 4) is 11.5 Å². The Morgan fingerprint density at radius 2 is 1.81 bits per heavy atom. The van der Waals surface area contributed by atoms with E-state index >= 15 is 0 Å².